The summed E-state index contributed by atoms with van der Waals surface area (Å²) in [4.78, 5) is 58.9. The van der Waals surface area contributed by atoms with Crippen LogP contribution in [0, 0.1) is 0 Å². The largest absolute Gasteiger partial charge is 0.487 e. The van der Waals surface area contributed by atoms with Crippen LogP contribution in [0.15, 0.2) is 163 Å². The number of fused-ring (bicyclic) bond motifs is 1. The summed E-state index contributed by atoms with van der Waals surface area (Å²) in [5, 5.41) is 10.7. The molecule has 1 saturated heterocycles. The topological polar surface area (TPSA) is 154 Å². The van der Waals surface area contributed by atoms with E-state index < -0.39 is 14.4 Å². The minimum atomic E-state index is -2.25. The fourth-order valence-electron chi connectivity index (χ4n) is 9.78. The van der Waals surface area contributed by atoms with Crippen molar-refractivity contribution >= 4 is 48.5 Å². The Bertz CT molecular complexity index is 3190. The lowest BCUT2D eigenvalue weighted by Gasteiger charge is -2.40. The zero-order valence-corrected chi connectivity index (χ0v) is 48.0. The van der Waals surface area contributed by atoms with E-state index in [1.54, 1.807) is 18.0 Å². The zero-order valence-electron chi connectivity index (χ0n) is 47.0. The van der Waals surface area contributed by atoms with Gasteiger partial charge in [0.1, 0.15) is 18.5 Å². The first-order valence-electron chi connectivity index (χ1n) is 27.8. The van der Waals surface area contributed by atoms with Crippen molar-refractivity contribution in [2.45, 2.75) is 109 Å². The van der Waals surface area contributed by atoms with Crippen LogP contribution in [0.25, 0.3) is 22.0 Å². The standard InChI is InChI=1S/C65H78N6O7Si/c1-46(67-44-59(78-79(6,7)65(2,3)4)55-29-31-58(63-56(55)30-32-60(72)69-63)76-45-49-17-10-8-11-18-49)41-50-20-16-19-47(42-50)33-37-66-61(73)43-48-25-27-52(28-26-48)70(5)62(74)36-40-71-38-34-53(35-39-71)77-64(75)68-57-24-15-14-23-54(57)51-21-12-9-13-22-51/h8-32,42,46,53,59,67H,33-41,43-45H2,1-7H3,(H,66,73)(H,68,75)(H,69,72)/t46-,59+/m1/s1. The van der Waals surface area contributed by atoms with E-state index in [2.05, 4.69) is 97.0 Å². The van der Waals surface area contributed by atoms with Crippen molar-refractivity contribution in [3.63, 3.8) is 0 Å². The number of benzene rings is 6. The summed E-state index contributed by atoms with van der Waals surface area (Å²) in [6.45, 7) is 17.0. The number of amides is 3. The number of aromatic nitrogens is 1. The highest BCUT2D eigenvalue weighted by atomic mass is 28.4. The maximum Gasteiger partial charge on any atom is 0.411 e. The van der Waals surface area contributed by atoms with E-state index in [0.717, 1.165) is 64.0 Å². The number of carbonyl (C=O) groups excluding carboxylic acids is 3. The monoisotopic (exact) mass is 1080 g/mol. The normalized spacial score (nSPS) is 14.1. The van der Waals surface area contributed by atoms with E-state index in [1.165, 1.54) is 5.56 Å². The number of pyridine rings is 1. The average molecular weight is 1080 g/mol. The van der Waals surface area contributed by atoms with Crippen LogP contribution >= 0.6 is 0 Å². The van der Waals surface area contributed by atoms with E-state index in [4.69, 9.17) is 13.9 Å². The van der Waals surface area contributed by atoms with Gasteiger partial charge in [-0.05, 0) is 114 Å². The molecule has 6 aromatic carbocycles. The van der Waals surface area contributed by atoms with Gasteiger partial charge >= 0.3 is 6.09 Å². The van der Waals surface area contributed by atoms with E-state index in [1.807, 2.05) is 121 Å². The summed E-state index contributed by atoms with van der Waals surface area (Å²) in [6.07, 6.45) is 2.56. The molecule has 4 N–H and O–H groups in total. The van der Waals surface area contributed by atoms with E-state index in [9.17, 15) is 19.2 Å². The van der Waals surface area contributed by atoms with Crippen molar-refractivity contribution < 1.29 is 28.3 Å². The number of ether oxygens (including phenoxy) is 2. The first kappa shape index (κ1) is 57.8. The fraction of sp³-hybridized carbons (Fsp3) is 0.354. The summed E-state index contributed by atoms with van der Waals surface area (Å²) < 4.78 is 19.3. The SMILES string of the molecule is C[C@H](Cc1cccc(CCNC(=O)Cc2ccc(N(C)C(=O)CCN3CCC(OC(=O)Nc4ccccc4-c4ccccc4)CC3)cc2)c1)NC[C@H](O[Si](C)(C)C(C)(C)C)c1ccc(OCc2ccccc2)c2[nH]c(=O)ccc12. The number of anilines is 2. The number of hydrogen-bond acceptors (Lipinski definition) is 9. The smallest absolute Gasteiger partial charge is 0.411 e. The van der Waals surface area contributed by atoms with Crippen LogP contribution in [-0.4, -0.2) is 88.0 Å². The third-order valence-corrected chi connectivity index (χ3v) is 19.9. The van der Waals surface area contributed by atoms with Crippen LogP contribution < -0.4 is 31.1 Å². The minimum absolute atomic E-state index is 0.00733. The molecule has 1 aromatic heterocycles. The molecule has 8 rings (SSSR count). The Balaban J connectivity index is 0.760. The molecule has 14 heteroatoms. The summed E-state index contributed by atoms with van der Waals surface area (Å²) in [5.41, 5.74) is 9.16. The highest BCUT2D eigenvalue weighted by molar-refractivity contribution is 6.74. The van der Waals surface area contributed by atoms with Gasteiger partial charge in [0.05, 0.1) is 23.7 Å². The number of likely N-dealkylation sites (tertiary alicyclic amines) is 1. The number of nitrogens with one attached hydrogen (secondary N) is 4. The number of aromatic amines is 1. The van der Waals surface area contributed by atoms with Gasteiger partial charge in [-0.2, -0.15) is 0 Å². The van der Waals surface area contributed by atoms with Gasteiger partial charge in [-0.25, -0.2) is 4.79 Å². The summed E-state index contributed by atoms with van der Waals surface area (Å²) in [7, 11) is -0.468. The molecule has 0 radical (unpaired) electrons. The molecule has 0 aliphatic carbocycles. The fourth-order valence-corrected chi connectivity index (χ4v) is 11.1. The van der Waals surface area contributed by atoms with Gasteiger partial charge in [0.25, 0.3) is 0 Å². The first-order valence-corrected chi connectivity index (χ1v) is 30.7. The number of para-hydroxylation sites is 1. The Hall–Kier alpha value is -7.36. The molecular weight excluding hydrogens is 1000 g/mol. The van der Waals surface area contributed by atoms with Gasteiger partial charge in [0.15, 0.2) is 8.32 Å². The minimum Gasteiger partial charge on any atom is -0.487 e. The second kappa shape index (κ2) is 27.0. The average Bonchev–Trinajstić information content (AvgIpc) is 3.46. The van der Waals surface area contributed by atoms with Gasteiger partial charge in [-0.3, -0.25) is 19.7 Å². The summed E-state index contributed by atoms with van der Waals surface area (Å²) in [5.74, 6) is 0.568. The van der Waals surface area contributed by atoms with E-state index >= 15 is 0 Å². The van der Waals surface area contributed by atoms with Crippen LogP contribution in [0.2, 0.25) is 18.1 Å². The molecule has 3 amide bonds. The summed E-state index contributed by atoms with van der Waals surface area (Å²) >= 11 is 0. The number of carbonyl (C=O) groups is 3. The van der Waals surface area contributed by atoms with Crippen LogP contribution in [0.1, 0.15) is 80.9 Å². The molecule has 0 bridgehead atoms. The lowest BCUT2D eigenvalue weighted by molar-refractivity contribution is -0.120. The highest BCUT2D eigenvalue weighted by Gasteiger charge is 2.40. The molecule has 0 unspecified atom stereocenters. The van der Waals surface area contributed by atoms with Crippen molar-refractivity contribution in [1.29, 1.82) is 0 Å². The second-order valence-electron chi connectivity index (χ2n) is 22.4. The molecule has 0 spiro atoms. The molecule has 7 aromatic rings. The van der Waals surface area contributed by atoms with Crippen LogP contribution in [0.4, 0.5) is 16.2 Å². The molecule has 414 valence electrons. The van der Waals surface area contributed by atoms with Gasteiger partial charge < -0.3 is 39.3 Å². The second-order valence-corrected chi connectivity index (χ2v) is 27.1. The Morgan fingerprint density at radius 3 is 2.20 bits per heavy atom. The molecular formula is C65H78N6O7Si. The number of hydrogen-bond donors (Lipinski definition) is 4. The molecule has 79 heavy (non-hydrogen) atoms. The predicted molar refractivity (Wildman–Crippen MR) is 320 cm³/mol. The molecule has 1 aliphatic rings. The molecule has 2 atom stereocenters. The zero-order chi connectivity index (χ0) is 55.9. The quantitative estimate of drug-likeness (QED) is 0.0458. The molecule has 1 fully saturated rings. The number of rotatable bonds is 23. The van der Waals surface area contributed by atoms with Gasteiger partial charge in [0.2, 0.25) is 17.4 Å². The van der Waals surface area contributed by atoms with Crippen molar-refractivity contribution in [2.24, 2.45) is 0 Å². The maximum absolute atomic E-state index is 13.3. The van der Waals surface area contributed by atoms with Crippen LogP contribution in [-0.2, 0) is 44.6 Å². The van der Waals surface area contributed by atoms with Gasteiger partial charge in [-0.1, -0.05) is 142 Å². The third kappa shape index (κ3) is 16.4. The predicted octanol–water partition coefficient (Wildman–Crippen LogP) is 12.0. The first-order chi connectivity index (χ1) is 38.0. The Labute approximate surface area is 467 Å². The van der Waals surface area contributed by atoms with Crippen molar-refractivity contribution in [3.8, 4) is 16.9 Å². The molecule has 1 aliphatic heterocycles. The van der Waals surface area contributed by atoms with E-state index in [-0.39, 0.29) is 47.1 Å². The van der Waals surface area contributed by atoms with Crippen molar-refractivity contribution in [3.05, 3.63) is 196 Å². The van der Waals surface area contributed by atoms with Gasteiger partial charge in [0, 0.05) is 74.9 Å². The Morgan fingerprint density at radius 1 is 0.785 bits per heavy atom. The number of H-pyrrole nitrogens is 1. The lowest BCUT2D eigenvalue weighted by Crippen LogP contribution is -2.44. The maximum atomic E-state index is 13.3. The molecule has 0 saturated carbocycles. The molecule has 2 heterocycles. The summed E-state index contributed by atoms with van der Waals surface area (Å²) in [6, 6.07) is 51.4. The third-order valence-electron chi connectivity index (χ3n) is 15.4. The highest BCUT2D eigenvalue weighted by Crippen LogP contribution is 2.41. The lowest BCUT2D eigenvalue weighted by atomic mass is 10.0. The Morgan fingerprint density at radius 2 is 1.47 bits per heavy atom. The Kier molecular flexibility index (Phi) is 19.8. The number of piperidine rings is 1. The van der Waals surface area contributed by atoms with Gasteiger partial charge in [-0.15, -0.1) is 0 Å². The van der Waals surface area contributed by atoms with Crippen LogP contribution in [0.3, 0.4) is 0 Å². The number of nitrogens with zero attached hydrogens (tertiary/aromatic N) is 2. The van der Waals surface area contributed by atoms with E-state index in [0.29, 0.717) is 68.9 Å². The van der Waals surface area contributed by atoms with Crippen molar-refractivity contribution in [2.75, 3.05) is 50.0 Å². The molecule has 13 nitrogen and oxygen atoms in total. The van der Waals surface area contributed by atoms with Crippen molar-refractivity contribution in [1.82, 2.24) is 20.5 Å². The van der Waals surface area contributed by atoms with Crippen LogP contribution in [0.5, 0.6) is 5.75 Å².